The third-order valence-corrected chi connectivity index (χ3v) is 3.87. The number of halogens is 1. The van der Waals surface area contributed by atoms with E-state index in [-0.39, 0.29) is 0 Å². The Morgan fingerprint density at radius 2 is 2.10 bits per heavy atom. The van der Waals surface area contributed by atoms with Crippen LogP contribution in [0.3, 0.4) is 0 Å². The van der Waals surface area contributed by atoms with Gasteiger partial charge in [0.15, 0.2) is 11.6 Å². The SMILES string of the molecule is COc1cccc(-c2nc3n(n2)Cc2ccc(Cl)cc2-3)c1. The molecule has 0 fully saturated rings. The maximum Gasteiger partial charge on any atom is 0.181 e. The summed E-state index contributed by atoms with van der Waals surface area (Å²) in [6.07, 6.45) is 0. The number of benzene rings is 2. The molecule has 0 spiro atoms. The van der Waals surface area contributed by atoms with Crippen LogP contribution in [0.15, 0.2) is 42.5 Å². The summed E-state index contributed by atoms with van der Waals surface area (Å²) in [6.45, 7) is 0.735. The van der Waals surface area contributed by atoms with Crippen molar-refractivity contribution in [3.8, 4) is 28.5 Å². The molecule has 4 nitrogen and oxygen atoms in total. The topological polar surface area (TPSA) is 39.9 Å². The van der Waals surface area contributed by atoms with Crippen LogP contribution in [-0.2, 0) is 6.54 Å². The van der Waals surface area contributed by atoms with Gasteiger partial charge >= 0.3 is 0 Å². The summed E-state index contributed by atoms with van der Waals surface area (Å²) in [5.74, 6) is 2.37. The number of methoxy groups -OCH3 is 1. The number of ether oxygens (including phenoxy) is 1. The molecule has 0 amide bonds. The highest BCUT2D eigenvalue weighted by atomic mass is 35.5. The number of hydrogen-bond acceptors (Lipinski definition) is 3. The van der Waals surface area contributed by atoms with E-state index in [2.05, 4.69) is 10.1 Å². The van der Waals surface area contributed by atoms with Crippen LogP contribution in [0.5, 0.6) is 5.75 Å². The maximum absolute atomic E-state index is 6.08. The highest BCUT2D eigenvalue weighted by Crippen LogP contribution is 2.34. The van der Waals surface area contributed by atoms with Crippen LogP contribution >= 0.6 is 11.6 Å². The number of nitrogens with zero attached hydrogens (tertiary/aromatic N) is 3. The van der Waals surface area contributed by atoms with Gasteiger partial charge in [0.1, 0.15) is 5.75 Å². The molecule has 1 aliphatic rings. The molecule has 0 saturated heterocycles. The first-order chi connectivity index (χ1) is 10.2. The zero-order chi connectivity index (χ0) is 14.4. The van der Waals surface area contributed by atoms with E-state index in [0.717, 1.165) is 29.2 Å². The Hall–Kier alpha value is -2.33. The Morgan fingerprint density at radius 3 is 2.95 bits per heavy atom. The van der Waals surface area contributed by atoms with E-state index >= 15 is 0 Å². The van der Waals surface area contributed by atoms with Gasteiger partial charge in [-0.3, -0.25) is 0 Å². The summed E-state index contributed by atoms with van der Waals surface area (Å²) in [6, 6.07) is 13.6. The molecule has 2 heterocycles. The Kier molecular flexibility index (Phi) is 2.72. The Labute approximate surface area is 127 Å². The van der Waals surface area contributed by atoms with Gasteiger partial charge in [-0.1, -0.05) is 29.8 Å². The molecule has 3 aromatic rings. The van der Waals surface area contributed by atoms with Crippen molar-refractivity contribution in [2.75, 3.05) is 7.11 Å². The van der Waals surface area contributed by atoms with Gasteiger partial charge in [0.2, 0.25) is 0 Å². The minimum absolute atomic E-state index is 0.703. The van der Waals surface area contributed by atoms with E-state index in [1.165, 1.54) is 5.56 Å². The summed E-state index contributed by atoms with van der Waals surface area (Å²) in [4.78, 5) is 4.66. The molecule has 0 saturated carbocycles. The molecule has 104 valence electrons. The van der Waals surface area contributed by atoms with E-state index in [1.807, 2.05) is 47.1 Å². The van der Waals surface area contributed by atoms with Crippen LogP contribution in [0.4, 0.5) is 0 Å². The van der Waals surface area contributed by atoms with Crippen LogP contribution < -0.4 is 4.74 Å². The molecule has 0 radical (unpaired) electrons. The van der Waals surface area contributed by atoms with Crippen LogP contribution in [0.1, 0.15) is 5.56 Å². The van der Waals surface area contributed by atoms with Crippen LogP contribution in [0.2, 0.25) is 5.02 Å². The number of fused-ring (bicyclic) bond motifs is 3. The van der Waals surface area contributed by atoms with E-state index in [4.69, 9.17) is 16.3 Å². The second-order valence-electron chi connectivity index (χ2n) is 4.95. The molecule has 0 unspecified atom stereocenters. The van der Waals surface area contributed by atoms with E-state index in [9.17, 15) is 0 Å². The molecule has 0 aliphatic carbocycles. The first kappa shape index (κ1) is 12.4. The zero-order valence-electron chi connectivity index (χ0n) is 11.4. The predicted molar refractivity (Wildman–Crippen MR) is 81.6 cm³/mol. The molecule has 0 N–H and O–H groups in total. The lowest BCUT2D eigenvalue weighted by Crippen LogP contribution is -1.95. The summed E-state index contributed by atoms with van der Waals surface area (Å²) >= 11 is 6.08. The molecule has 2 aromatic carbocycles. The number of hydrogen-bond donors (Lipinski definition) is 0. The van der Waals surface area contributed by atoms with Gasteiger partial charge in [0, 0.05) is 16.1 Å². The highest BCUT2D eigenvalue weighted by molar-refractivity contribution is 6.30. The second kappa shape index (κ2) is 4.60. The summed E-state index contributed by atoms with van der Waals surface area (Å²) < 4.78 is 7.16. The lowest BCUT2D eigenvalue weighted by molar-refractivity contribution is 0.415. The van der Waals surface area contributed by atoms with Crippen LogP contribution in [0, 0.1) is 0 Å². The Morgan fingerprint density at radius 1 is 1.19 bits per heavy atom. The van der Waals surface area contributed by atoms with E-state index in [1.54, 1.807) is 7.11 Å². The minimum Gasteiger partial charge on any atom is -0.497 e. The van der Waals surface area contributed by atoms with Crippen molar-refractivity contribution < 1.29 is 4.74 Å². The zero-order valence-corrected chi connectivity index (χ0v) is 12.1. The fourth-order valence-corrected chi connectivity index (χ4v) is 2.76. The fraction of sp³-hybridized carbons (Fsp3) is 0.125. The third-order valence-electron chi connectivity index (χ3n) is 3.63. The average Bonchev–Trinajstić information content (AvgIpc) is 3.05. The maximum atomic E-state index is 6.08. The van der Waals surface area contributed by atoms with Crippen molar-refractivity contribution in [2.24, 2.45) is 0 Å². The molecule has 21 heavy (non-hydrogen) atoms. The van der Waals surface area contributed by atoms with Crippen LogP contribution in [-0.4, -0.2) is 21.9 Å². The van der Waals surface area contributed by atoms with Gasteiger partial charge < -0.3 is 4.74 Å². The summed E-state index contributed by atoms with van der Waals surface area (Å²) in [5, 5.41) is 5.30. The number of aromatic nitrogens is 3. The van der Waals surface area contributed by atoms with Gasteiger partial charge in [-0.25, -0.2) is 9.67 Å². The second-order valence-corrected chi connectivity index (χ2v) is 5.39. The molecule has 0 atom stereocenters. The highest BCUT2D eigenvalue weighted by Gasteiger charge is 2.23. The molecule has 1 aromatic heterocycles. The van der Waals surface area contributed by atoms with Crippen molar-refractivity contribution in [3.63, 3.8) is 0 Å². The van der Waals surface area contributed by atoms with E-state index < -0.39 is 0 Å². The summed E-state index contributed by atoms with van der Waals surface area (Å²) in [5.41, 5.74) is 3.20. The van der Waals surface area contributed by atoms with Crippen molar-refractivity contribution in [2.45, 2.75) is 6.54 Å². The van der Waals surface area contributed by atoms with Gasteiger partial charge in [-0.15, -0.1) is 0 Å². The van der Waals surface area contributed by atoms with Crippen LogP contribution in [0.25, 0.3) is 22.8 Å². The first-order valence-corrected chi connectivity index (χ1v) is 7.00. The molecular weight excluding hydrogens is 286 g/mol. The lowest BCUT2D eigenvalue weighted by Gasteiger charge is -2.01. The van der Waals surface area contributed by atoms with Crippen molar-refractivity contribution in [1.29, 1.82) is 0 Å². The Balaban J connectivity index is 1.81. The van der Waals surface area contributed by atoms with Gasteiger partial charge in [0.25, 0.3) is 0 Å². The minimum atomic E-state index is 0.703. The summed E-state index contributed by atoms with van der Waals surface area (Å²) in [7, 11) is 1.65. The average molecular weight is 298 g/mol. The molecular formula is C16H12ClN3O. The lowest BCUT2D eigenvalue weighted by atomic mass is 10.1. The molecule has 1 aliphatic heterocycles. The Bertz CT molecular complexity index is 841. The van der Waals surface area contributed by atoms with Gasteiger partial charge in [-0.2, -0.15) is 5.10 Å². The van der Waals surface area contributed by atoms with Gasteiger partial charge in [0.05, 0.1) is 13.7 Å². The first-order valence-electron chi connectivity index (χ1n) is 6.62. The van der Waals surface area contributed by atoms with Gasteiger partial charge in [-0.05, 0) is 29.8 Å². The number of rotatable bonds is 2. The predicted octanol–water partition coefficient (Wildman–Crippen LogP) is 3.64. The molecule has 5 heteroatoms. The quantitative estimate of drug-likeness (QED) is 0.567. The molecule has 0 bridgehead atoms. The molecule has 4 rings (SSSR count). The van der Waals surface area contributed by atoms with Crippen molar-refractivity contribution in [1.82, 2.24) is 14.8 Å². The normalized spacial score (nSPS) is 12.1. The largest absolute Gasteiger partial charge is 0.497 e. The smallest absolute Gasteiger partial charge is 0.181 e. The van der Waals surface area contributed by atoms with Crippen molar-refractivity contribution >= 4 is 11.6 Å². The third kappa shape index (κ3) is 1.99. The standard InChI is InChI=1S/C16H12ClN3O/c1-21-13-4-2-3-10(7-13)15-18-16-14-8-12(17)6-5-11(14)9-20(16)19-15/h2-8H,9H2,1H3. The van der Waals surface area contributed by atoms with E-state index in [0.29, 0.717) is 10.8 Å². The monoisotopic (exact) mass is 297 g/mol. The van der Waals surface area contributed by atoms with Crippen molar-refractivity contribution in [3.05, 3.63) is 53.1 Å². The fourth-order valence-electron chi connectivity index (χ4n) is 2.59.